The van der Waals surface area contributed by atoms with Crippen molar-refractivity contribution in [2.75, 3.05) is 11.9 Å². The maximum absolute atomic E-state index is 10.8. The Bertz CT molecular complexity index is 409. The topological polar surface area (TPSA) is 95.3 Å². The number of hydrogen-bond acceptors (Lipinski definition) is 5. The molecule has 0 aromatic carbocycles. The van der Waals surface area contributed by atoms with Crippen molar-refractivity contribution in [3.63, 3.8) is 0 Å². The number of carbonyl (C=O) groups is 1. The van der Waals surface area contributed by atoms with Crippen LogP contribution in [0.5, 0.6) is 0 Å². The molecule has 0 spiro atoms. The molecule has 0 amide bonds. The lowest BCUT2D eigenvalue weighted by atomic mass is 10.1. The van der Waals surface area contributed by atoms with Crippen LogP contribution in [0.4, 0.5) is 5.95 Å². The number of aromatic carboxylic acids is 1. The molecule has 0 aliphatic heterocycles. The largest absolute Gasteiger partial charge is 0.477 e. The summed E-state index contributed by atoms with van der Waals surface area (Å²) >= 11 is 0. The summed E-state index contributed by atoms with van der Waals surface area (Å²) in [5, 5.41) is 20.9. The highest BCUT2D eigenvalue weighted by Gasteiger charge is 2.14. The summed E-state index contributed by atoms with van der Waals surface area (Å²) in [4.78, 5) is 18.8. The van der Waals surface area contributed by atoms with Crippen molar-refractivity contribution in [1.82, 2.24) is 9.97 Å². The number of nitrogens with zero attached hydrogens (tertiary/aromatic N) is 2. The van der Waals surface area contributed by atoms with Crippen LogP contribution in [0.3, 0.4) is 0 Å². The molecule has 1 rings (SSSR count). The van der Waals surface area contributed by atoms with Gasteiger partial charge in [-0.3, -0.25) is 0 Å². The number of nitrogens with one attached hydrogen (secondary N) is 1. The molecule has 6 nitrogen and oxygen atoms in total. The maximum Gasteiger partial charge on any atom is 0.354 e. The number of aromatic nitrogens is 2. The first kappa shape index (κ1) is 13.4. The molecule has 6 heteroatoms. The molecule has 94 valence electrons. The molecule has 3 N–H and O–H groups in total. The quantitative estimate of drug-likeness (QED) is 0.707. The van der Waals surface area contributed by atoms with Gasteiger partial charge in [0.05, 0.1) is 0 Å². The molecule has 2 unspecified atom stereocenters. The van der Waals surface area contributed by atoms with E-state index in [9.17, 15) is 4.79 Å². The Balaban J connectivity index is 2.87. The molecule has 0 saturated heterocycles. The number of aryl methyl sites for hydroxylation is 1. The molecule has 0 aliphatic carbocycles. The number of hydrogen-bond donors (Lipinski definition) is 3. The zero-order chi connectivity index (χ0) is 13.0. The van der Waals surface area contributed by atoms with Crippen LogP contribution < -0.4 is 5.32 Å². The van der Waals surface area contributed by atoms with E-state index >= 15 is 0 Å². The predicted octanol–water partition coefficient (Wildman–Crippen LogP) is 0.912. The van der Waals surface area contributed by atoms with E-state index in [0.29, 0.717) is 5.69 Å². The van der Waals surface area contributed by atoms with Crippen molar-refractivity contribution in [3.05, 3.63) is 17.5 Å². The van der Waals surface area contributed by atoms with Gasteiger partial charge in [-0.2, -0.15) is 0 Å². The third kappa shape index (κ3) is 3.67. The number of carboxylic acid groups (broad SMARTS) is 1. The molecule has 0 radical (unpaired) electrons. The zero-order valence-electron chi connectivity index (χ0n) is 10.1. The van der Waals surface area contributed by atoms with Crippen LogP contribution in [-0.2, 0) is 0 Å². The fourth-order valence-electron chi connectivity index (χ4n) is 1.25. The standard InChI is InChI=1S/C11H17N3O3/c1-6(5-15)8(3)13-11-12-7(2)4-9(14-11)10(16)17/h4,6,8,15H,5H2,1-3H3,(H,16,17)(H,12,13,14). The first-order valence-electron chi connectivity index (χ1n) is 5.40. The number of aliphatic hydroxyl groups excluding tert-OH is 1. The molecule has 0 aliphatic rings. The van der Waals surface area contributed by atoms with Gasteiger partial charge in [-0.25, -0.2) is 14.8 Å². The summed E-state index contributed by atoms with van der Waals surface area (Å²) in [5.41, 5.74) is 0.549. The van der Waals surface area contributed by atoms with Crippen LogP contribution in [0.25, 0.3) is 0 Å². The number of carboxylic acids is 1. The number of rotatable bonds is 5. The summed E-state index contributed by atoms with van der Waals surface area (Å²) in [6.07, 6.45) is 0. The molecule has 1 aromatic rings. The van der Waals surface area contributed by atoms with E-state index in [1.807, 2.05) is 13.8 Å². The molecule has 0 saturated carbocycles. The first-order chi connectivity index (χ1) is 7.93. The summed E-state index contributed by atoms with van der Waals surface area (Å²) in [5.74, 6) is -0.774. The number of anilines is 1. The lowest BCUT2D eigenvalue weighted by molar-refractivity contribution is 0.0690. The van der Waals surface area contributed by atoms with E-state index in [4.69, 9.17) is 10.2 Å². The van der Waals surface area contributed by atoms with Gasteiger partial charge in [-0.1, -0.05) is 6.92 Å². The molecular weight excluding hydrogens is 222 g/mol. The fraction of sp³-hybridized carbons (Fsp3) is 0.545. The fourth-order valence-corrected chi connectivity index (χ4v) is 1.25. The smallest absolute Gasteiger partial charge is 0.354 e. The van der Waals surface area contributed by atoms with Crippen molar-refractivity contribution < 1.29 is 15.0 Å². The van der Waals surface area contributed by atoms with Crippen molar-refractivity contribution >= 4 is 11.9 Å². The van der Waals surface area contributed by atoms with Crippen LogP contribution in [-0.4, -0.2) is 38.8 Å². The van der Waals surface area contributed by atoms with Gasteiger partial charge < -0.3 is 15.5 Å². The summed E-state index contributed by atoms with van der Waals surface area (Å²) in [6.45, 7) is 5.52. The van der Waals surface area contributed by atoms with Gasteiger partial charge in [-0.05, 0) is 25.8 Å². The van der Waals surface area contributed by atoms with E-state index in [2.05, 4.69) is 15.3 Å². The molecule has 1 aromatic heterocycles. The highest BCUT2D eigenvalue weighted by Crippen LogP contribution is 2.10. The van der Waals surface area contributed by atoms with Gasteiger partial charge in [-0.15, -0.1) is 0 Å². The molecular formula is C11H17N3O3. The lowest BCUT2D eigenvalue weighted by Gasteiger charge is -2.19. The van der Waals surface area contributed by atoms with E-state index < -0.39 is 5.97 Å². The van der Waals surface area contributed by atoms with Gasteiger partial charge in [0.2, 0.25) is 5.95 Å². The SMILES string of the molecule is Cc1cc(C(=O)O)nc(NC(C)C(C)CO)n1. The average Bonchev–Trinajstić information content (AvgIpc) is 2.26. The zero-order valence-corrected chi connectivity index (χ0v) is 10.1. The Kier molecular flexibility index (Phi) is 4.39. The minimum absolute atomic E-state index is 0.0346. The van der Waals surface area contributed by atoms with Crippen LogP contribution in [0.15, 0.2) is 6.07 Å². The number of aliphatic hydroxyl groups is 1. The van der Waals surface area contributed by atoms with Crippen molar-refractivity contribution in [1.29, 1.82) is 0 Å². The minimum atomic E-state index is -1.08. The molecule has 1 heterocycles. The maximum atomic E-state index is 10.8. The third-order valence-corrected chi connectivity index (χ3v) is 2.57. The van der Waals surface area contributed by atoms with E-state index in [0.717, 1.165) is 0 Å². The van der Waals surface area contributed by atoms with E-state index in [-0.39, 0.29) is 30.2 Å². The van der Waals surface area contributed by atoms with Gasteiger partial charge in [0.1, 0.15) is 0 Å². The Hall–Kier alpha value is -1.69. The van der Waals surface area contributed by atoms with Gasteiger partial charge in [0, 0.05) is 18.3 Å². The van der Waals surface area contributed by atoms with Gasteiger partial charge in [0.25, 0.3) is 0 Å². The Labute approximate surface area is 99.7 Å². The van der Waals surface area contributed by atoms with Gasteiger partial charge in [0.15, 0.2) is 5.69 Å². The summed E-state index contributed by atoms with van der Waals surface area (Å²) in [7, 11) is 0. The Morgan fingerprint density at radius 1 is 1.47 bits per heavy atom. The normalized spacial score (nSPS) is 14.1. The highest BCUT2D eigenvalue weighted by atomic mass is 16.4. The van der Waals surface area contributed by atoms with E-state index in [1.54, 1.807) is 6.92 Å². The summed E-state index contributed by atoms with van der Waals surface area (Å²) < 4.78 is 0. The third-order valence-electron chi connectivity index (χ3n) is 2.57. The van der Waals surface area contributed by atoms with Crippen molar-refractivity contribution in [3.8, 4) is 0 Å². The van der Waals surface area contributed by atoms with Gasteiger partial charge >= 0.3 is 5.97 Å². The molecule has 0 fully saturated rings. The van der Waals surface area contributed by atoms with E-state index in [1.165, 1.54) is 6.07 Å². The second-order valence-electron chi connectivity index (χ2n) is 4.12. The monoisotopic (exact) mass is 239 g/mol. The minimum Gasteiger partial charge on any atom is -0.477 e. The van der Waals surface area contributed by atoms with Crippen LogP contribution in [0.2, 0.25) is 0 Å². The highest BCUT2D eigenvalue weighted by molar-refractivity contribution is 5.85. The average molecular weight is 239 g/mol. The second-order valence-corrected chi connectivity index (χ2v) is 4.12. The van der Waals surface area contributed by atoms with Crippen LogP contribution in [0.1, 0.15) is 30.0 Å². The first-order valence-corrected chi connectivity index (χ1v) is 5.40. The Morgan fingerprint density at radius 3 is 2.65 bits per heavy atom. The molecule has 2 atom stereocenters. The molecule has 17 heavy (non-hydrogen) atoms. The van der Waals surface area contributed by atoms with Crippen LogP contribution >= 0.6 is 0 Å². The second kappa shape index (κ2) is 5.58. The van der Waals surface area contributed by atoms with Crippen molar-refractivity contribution in [2.24, 2.45) is 5.92 Å². The Morgan fingerprint density at radius 2 is 2.12 bits per heavy atom. The molecule has 0 bridgehead atoms. The lowest BCUT2D eigenvalue weighted by Crippen LogP contribution is -2.27. The van der Waals surface area contributed by atoms with Crippen molar-refractivity contribution in [2.45, 2.75) is 26.8 Å². The van der Waals surface area contributed by atoms with Crippen LogP contribution in [0, 0.1) is 12.8 Å². The summed E-state index contributed by atoms with van der Waals surface area (Å²) in [6, 6.07) is 1.37. The predicted molar refractivity (Wildman–Crippen MR) is 63.1 cm³/mol.